The van der Waals surface area contributed by atoms with Gasteiger partial charge in [0.2, 0.25) is 0 Å². The first-order chi connectivity index (χ1) is 7.72. The van der Waals surface area contributed by atoms with E-state index in [-0.39, 0.29) is 18.7 Å². The van der Waals surface area contributed by atoms with Gasteiger partial charge in [0.1, 0.15) is 0 Å². The molecule has 1 atom stereocenters. The number of aliphatic hydroxyl groups excluding tert-OH is 1. The van der Waals surface area contributed by atoms with E-state index in [0.717, 1.165) is 25.7 Å². The molecule has 0 aromatic heterocycles. The molecule has 0 bridgehead atoms. The lowest BCUT2D eigenvalue weighted by Gasteiger charge is -2.24. The molecular formula is C12H24N2O2. The van der Waals surface area contributed by atoms with Gasteiger partial charge in [-0.15, -0.1) is 0 Å². The van der Waals surface area contributed by atoms with Crippen LogP contribution < -0.4 is 10.6 Å². The van der Waals surface area contributed by atoms with Gasteiger partial charge in [-0.1, -0.05) is 19.3 Å². The molecule has 1 saturated carbocycles. The van der Waals surface area contributed by atoms with Crippen LogP contribution in [0.25, 0.3) is 0 Å². The minimum Gasteiger partial charge on any atom is -0.396 e. The van der Waals surface area contributed by atoms with Crippen LogP contribution in [-0.4, -0.2) is 29.8 Å². The van der Waals surface area contributed by atoms with Gasteiger partial charge < -0.3 is 15.7 Å². The third kappa shape index (κ3) is 5.35. The summed E-state index contributed by atoms with van der Waals surface area (Å²) in [6.07, 6.45) is 7.54. The van der Waals surface area contributed by atoms with Crippen molar-refractivity contribution in [3.8, 4) is 0 Å². The van der Waals surface area contributed by atoms with Crippen molar-refractivity contribution in [1.29, 1.82) is 0 Å². The topological polar surface area (TPSA) is 61.4 Å². The predicted molar refractivity (Wildman–Crippen MR) is 64.3 cm³/mol. The van der Waals surface area contributed by atoms with E-state index in [4.69, 9.17) is 5.11 Å². The van der Waals surface area contributed by atoms with Crippen LogP contribution >= 0.6 is 0 Å². The quantitative estimate of drug-likeness (QED) is 0.671. The van der Waals surface area contributed by atoms with Crippen molar-refractivity contribution in [2.45, 2.75) is 64.0 Å². The summed E-state index contributed by atoms with van der Waals surface area (Å²) >= 11 is 0. The lowest BCUT2D eigenvalue weighted by Crippen LogP contribution is -2.46. The minimum atomic E-state index is -0.0580. The average molecular weight is 228 g/mol. The second-order valence-electron chi connectivity index (χ2n) is 4.72. The lowest BCUT2D eigenvalue weighted by atomic mass is 9.96. The molecule has 94 valence electrons. The molecule has 0 aromatic rings. The first kappa shape index (κ1) is 13.3. The lowest BCUT2D eigenvalue weighted by molar-refractivity contribution is 0.226. The van der Waals surface area contributed by atoms with Crippen molar-refractivity contribution in [3.63, 3.8) is 0 Å². The molecule has 1 aliphatic carbocycles. The van der Waals surface area contributed by atoms with Gasteiger partial charge in [0.15, 0.2) is 0 Å². The molecule has 1 aliphatic rings. The van der Waals surface area contributed by atoms with Crippen LogP contribution in [0.2, 0.25) is 0 Å². The molecule has 2 amide bonds. The van der Waals surface area contributed by atoms with Gasteiger partial charge in [-0.25, -0.2) is 4.79 Å². The molecule has 0 aromatic carbocycles. The number of nitrogens with one attached hydrogen (secondary N) is 2. The van der Waals surface area contributed by atoms with Crippen LogP contribution in [0.15, 0.2) is 0 Å². The number of carbonyl (C=O) groups is 1. The summed E-state index contributed by atoms with van der Waals surface area (Å²) in [5, 5.41) is 14.6. The number of hydrogen-bond donors (Lipinski definition) is 3. The molecule has 3 N–H and O–H groups in total. The van der Waals surface area contributed by atoms with Crippen molar-refractivity contribution in [2.75, 3.05) is 6.61 Å². The fourth-order valence-electron chi connectivity index (χ4n) is 2.17. The number of urea groups is 1. The van der Waals surface area contributed by atoms with Gasteiger partial charge in [-0.3, -0.25) is 0 Å². The van der Waals surface area contributed by atoms with Crippen LogP contribution in [0, 0.1) is 0 Å². The molecule has 0 saturated heterocycles. The molecule has 0 spiro atoms. The maximum atomic E-state index is 11.6. The van der Waals surface area contributed by atoms with Gasteiger partial charge in [-0.2, -0.15) is 0 Å². The van der Waals surface area contributed by atoms with Gasteiger partial charge in [0.25, 0.3) is 0 Å². The molecule has 4 nitrogen and oxygen atoms in total. The Kier molecular flexibility index (Phi) is 6.23. The zero-order valence-electron chi connectivity index (χ0n) is 10.2. The summed E-state index contributed by atoms with van der Waals surface area (Å²) in [4.78, 5) is 11.6. The largest absolute Gasteiger partial charge is 0.396 e. The van der Waals surface area contributed by atoms with Gasteiger partial charge >= 0.3 is 6.03 Å². The molecule has 1 fully saturated rings. The summed E-state index contributed by atoms with van der Waals surface area (Å²) < 4.78 is 0. The Bertz CT molecular complexity index is 203. The zero-order chi connectivity index (χ0) is 11.8. The van der Waals surface area contributed by atoms with Crippen LogP contribution in [0.5, 0.6) is 0 Å². The summed E-state index contributed by atoms with van der Waals surface area (Å²) in [7, 11) is 0. The van der Waals surface area contributed by atoms with E-state index >= 15 is 0 Å². The van der Waals surface area contributed by atoms with E-state index in [1.54, 1.807) is 0 Å². The summed E-state index contributed by atoms with van der Waals surface area (Å²) in [5.41, 5.74) is 0. The third-order valence-corrected chi connectivity index (χ3v) is 3.11. The Morgan fingerprint density at radius 1 is 1.38 bits per heavy atom. The maximum Gasteiger partial charge on any atom is 0.315 e. The van der Waals surface area contributed by atoms with E-state index in [0.29, 0.717) is 6.04 Å². The molecular weight excluding hydrogens is 204 g/mol. The summed E-state index contributed by atoms with van der Waals surface area (Å²) in [6.45, 7) is 2.16. The van der Waals surface area contributed by atoms with Crippen LogP contribution in [0.3, 0.4) is 0 Å². The molecule has 0 aliphatic heterocycles. The monoisotopic (exact) mass is 228 g/mol. The molecule has 16 heavy (non-hydrogen) atoms. The number of aliphatic hydroxyl groups is 1. The highest BCUT2D eigenvalue weighted by atomic mass is 16.3. The Labute approximate surface area is 97.8 Å². The average Bonchev–Trinajstić information content (AvgIpc) is 2.27. The Hall–Kier alpha value is -0.770. The number of hydrogen-bond acceptors (Lipinski definition) is 2. The third-order valence-electron chi connectivity index (χ3n) is 3.11. The molecule has 1 unspecified atom stereocenters. The summed E-state index contributed by atoms with van der Waals surface area (Å²) in [5.74, 6) is 0. The summed E-state index contributed by atoms with van der Waals surface area (Å²) in [6, 6.07) is 0.437. The smallest absolute Gasteiger partial charge is 0.315 e. The minimum absolute atomic E-state index is 0.0580. The molecule has 4 heteroatoms. The Morgan fingerprint density at radius 3 is 2.69 bits per heavy atom. The maximum absolute atomic E-state index is 11.6. The number of rotatable bonds is 5. The van der Waals surface area contributed by atoms with Gasteiger partial charge in [0, 0.05) is 18.7 Å². The second-order valence-corrected chi connectivity index (χ2v) is 4.72. The van der Waals surface area contributed by atoms with Crippen LogP contribution in [0.1, 0.15) is 51.9 Å². The Balaban J connectivity index is 2.13. The van der Waals surface area contributed by atoms with Gasteiger partial charge in [-0.05, 0) is 32.6 Å². The fraction of sp³-hybridized carbons (Fsp3) is 0.917. The van der Waals surface area contributed by atoms with E-state index < -0.39 is 0 Å². The van der Waals surface area contributed by atoms with E-state index in [9.17, 15) is 4.79 Å². The first-order valence-corrected chi connectivity index (χ1v) is 6.40. The highest BCUT2D eigenvalue weighted by molar-refractivity contribution is 5.74. The fourth-order valence-corrected chi connectivity index (χ4v) is 2.17. The van der Waals surface area contributed by atoms with Gasteiger partial charge in [0.05, 0.1) is 0 Å². The molecule has 1 rings (SSSR count). The normalized spacial score (nSPS) is 19.1. The highest BCUT2D eigenvalue weighted by Gasteiger charge is 2.16. The standard InChI is InChI=1S/C12H24N2O2/c1-10(6-5-9-15)13-12(16)14-11-7-3-2-4-8-11/h10-11,15H,2-9H2,1H3,(H2,13,14,16). The van der Waals surface area contributed by atoms with E-state index in [1.807, 2.05) is 6.92 Å². The van der Waals surface area contributed by atoms with E-state index in [1.165, 1.54) is 19.3 Å². The highest BCUT2D eigenvalue weighted by Crippen LogP contribution is 2.17. The van der Waals surface area contributed by atoms with Crippen molar-refractivity contribution in [3.05, 3.63) is 0 Å². The van der Waals surface area contributed by atoms with Crippen molar-refractivity contribution in [2.24, 2.45) is 0 Å². The first-order valence-electron chi connectivity index (χ1n) is 6.40. The predicted octanol–water partition coefficient (Wildman–Crippen LogP) is 1.78. The van der Waals surface area contributed by atoms with Crippen molar-refractivity contribution >= 4 is 6.03 Å². The van der Waals surface area contributed by atoms with Crippen LogP contribution in [0.4, 0.5) is 4.79 Å². The van der Waals surface area contributed by atoms with Crippen molar-refractivity contribution < 1.29 is 9.90 Å². The van der Waals surface area contributed by atoms with Crippen molar-refractivity contribution in [1.82, 2.24) is 10.6 Å². The molecule has 0 radical (unpaired) electrons. The van der Waals surface area contributed by atoms with Crippen LogP contribution in [-0.2, 0) is 0 Å². The number of amides is 2. The Morgan fingerprint density at radius 2 is 2.06 bits per heavy atom. The number of carbonyl (C=O) groups excluding carboxylic acids is 1. The molecule has 0 heterocycles. The van der Waals surface area contributed by atoms with E-state index in [2.05, 4.69) is 10.6 Å². The SMILES string of the molecule is CC(CCCO)NC(=O)NC1CCCCC1. The second kappa shape index (κ2) is 7.49. The zero-order valence-corrected chi connectivity index (χ0v) is 10.2.